The summed E-state index contributed by atoms with van der Waals surface area (Å²) >= 11 is 5.91. The summed E-state index contributed by atoms with van der Waals surface area (Å²) in [6.45, 7) is 0. The van der Waals surface area contributed by atoms with Crippen molar-refractivity contribution in [2.24, 2.45) is 0 Å². The molecule has 3 rings (SSSR count). The van der Waals surface area contributed by atoms with Crippen molar-refractivity contribution in [3.8, 4) is 11.1 Å². The molecule has 0 amide bonds. The van der Waals surface area contributed by atoms with E-state index in [1.807, 2.05) is 67.0 Å². The molecule has 0 aliphatic heterocycles. The van der Waals surface area contributed by atoms with Crippen LogP contribution in [0.5, 0.6) is 0 Å². The monoisotopic (exact) mass is 283 g/mol. The van der Waals surface area contributed by atoms with Gasteiger partial charge in [0.05, 0.1) is 0 Å². The first-order chi connectivity index (χ1) is 9.75. The molecule has 0 unspecified atom stereocenters. The third-order valence-corrected chi connectivity index (χ3v) is 3.59. The molecule has 0 aliphatic carbocycles. The highest BCUT2D eigenvalue weighted by Gasteiger charge is 2.16. The Kier molecular flexibility index (Phi) is 3.59. The molecule has 0 spiro atoms. The summed E-state index contributed by atoms with van der Waals surface area (Å²) in [5, 5.41) is 11.2. The Morgan fingerprint density at radius 3 is 2.30 bits per heavy atom. The van der Waals surface area contributed by atoms with E-state index in [1.165, 1.54) is 0 Å². The van der Waals surface area contributed by atoms with Gasteiger partial charge < -0.3 is 10.1 Å². The van der Waals surface area contributed by atoms with Crippen molar-refractivity contribution >= 4 is 11.6 Å². The lowest BCUT2D eigenvalue weighted by Crippen LogP contribution is -1.99. The van der Waals surface area contributed by atoms with Crippen LogP contribution in [0, 0.1) is 0 Å². The maximum absolute atomic E-state index is 10.5. The molecular weight excluding hydrogens is 270 g/mol. The Morgan fingerprint density at radius 2 is 1.60 bits per heavy atom. The van der Waals surface area contributed by atoms with Gasteiger partial charge in [0.25, 0.3) is 0 Å². The summed E-state index contributed by atoms with van der Waals surface area (Å²) in [5.74, 6) is 0. The molecular formula is C17H14ClNO. The maximum atomic E-state index is 10.5. The van der Waals surface area contributed by atoms with Crippen molar-refractivity contribution in [2.45, 2.75) is 6.10 Å². The van der Waals surface area contributed by atoms with Gasteiger partial charge in [0.15, 0.2) is 0 Å². The topological polar surface area (TPSA) is 36.0 Å². The number of aromatic amines is 1. The van der Waals surface area contributed by atoms with Crippen LogP contribution in [0.3, 0.4) is 0 Å². The molecule has 100 valence electrons. The van der Waals surface area contributed by atoms with E-state index in [2.05, 4.69) is 4.98 Å². The highest BCUT2D eigenvalue weighted by molar-refractivity contribution is 6.30. The third-order valence-electron chi connectivity index (χ3n) is 3.34. The Labute approximate surface area is 122 Å². The van der Waals surface area contributed by atoms with Gasteiger partial charge in [-0.2, -0.15) is 0 Å². The van der Waals surface area contributed by atoms with Gasteiger partial charge in [0, 0.05) is 28.5 Å². The highest BCUT2D eigenvalue weighted by atomic mass is 35.5. The zero-order valence-electron chi connectivity index (χ0n) is 10.8. The molecule has 1 heterocycles. The second-order valence-electron chi connectivity index (χ2n) is 4.64. The molecule has 2 nitrogen and oxygen atoms in total. The first kappa shape index (κ1) is 13.0. The van der Waals surface area contributed by atoms with E-state index in [0.29, 0.717) is 5.02 Å². The van der Waals surface area contributed by atoms with Crippen LogP contribution in [0.2, 0.25) is 5.02 Å². The van der Waals surface area contributed by atoms with Crippen LogP contribution in [0.15, 0.2) is 67.0 Å². The van der Waals surface area contributed by atoms with Gasteiger partial charge in [-0.25, -0.2) is 0 Å². The smallest absolute Gasteiger partial charge is 0.106 e. The molecule has 0 saturated carbocycles. The van der Waals surface area contributed by atoms with Crippen LogP contribution in [0.25, 0.3) is 11.1 Å². The van der Waals surface area contributed by atoms with Crippen LogP contribution in [-0.2, 0) is 0 Å². The van der Waals surface area contributed by atoms with Gasteiger partial charge in [0.1, 0.15) is 6.10 Å². The van der Waals surface area contributed by atoms with E-state index in [-0.39, 0.29) is 0 Å². The molecule has 0 aliphatic rings. The SMILES string of the molecule is O[C@H](c1ccccc1)c1c[nH]cc1-c1ccc(Cl)cc1. The number of aromatic nitrogens is 1. The van der Waals surface area contributed by atoms with E-state index in [1.54, 1.807) is 0 Å². The molecule has 3 heteroatoms. The van der Waals surface area contributed by atoms with Crippen LogP contribution >= 0.6 is 11.6 Å². The second kappa shape index (κ2) is 5.53. The van der Waals surface area contributed by atoms with Gasteiger partial charge >= 0.3 is 0 Å². The summed E-state index contributed by atoms with van der Waals surface area (Å²) in [5.41, 5.74) is 3.75. The molecule has 1 atom stereocenters. The minimum absolute atomic E-state index is 0.645. The molecule has 0 bridgehead atoms. The minimum atomic E-state index is -0.645. The molecule has 2 aromatic carbocycles. The molecule has 0 fully saturated rings. The van der Waals surface area contributed by atoms with Crippen LogP contribution < -0.4 is 0 Å². The number of aliphatic hydroxyl groups excluding tert-OH is 1. The molecule has 20 heavy (non-hydrogen) atoms. The first-order valence-electron chi connectivity index (χ1n) is 6.41. The number of halogens is 1. The Balaban J connectivity index is 2.00. The van der Waals surface area contributed by atoms with E-state index >= 15 is 0 Å². The lowest BCUT2D eigenvalue weighted by molar-refractivity contribution is 0.221. The van der Waals surface area contributed by atoms with Crippen LogP contribution in [0.4, 0.5) is 0 Å². The number of hydrogen-bond donors (Lipinski definition) is 2. The van der Waals surface area contributed by atoms with E-state index < -0.39 is 6.10 Å². The number of H-pyrrole nitrogens is 1. The fourth-order valence-electron chi connectivity index (χ4n) is 2.30. The molecule has 1 aromatic heterocycles. The van der Waals surface area contributed by atoms with Gasteiger partial charge in [-0.15, -0.1) is 0 Å². The summed E-state index contributed by atoms with van der Waals surface area (Å²) < 4.78 is 0. The van der Waals surface area contributed by atoms with Crippen LogP contribution in [0.1, 0.15) is 17.2 Å². The number of aliphatic hydroxyl groups is 1. The second-order valence-corrected chi connectivity index (χ2v) is 5.08. The third kappa shape index (κ3) is 2.48. The molecule has 2 N–H and O–H groups in total. The van der Waals surface area contributed by atoms with E-state index in [9.17, 15) is 5.11 Å². The van der Waals surface area contributed by atoms with Crippen molar-refractivity contribution in [3.05, 3.63) is 83.1 Å². The van der Waals surface area contributed by atoms with Crippen molar-refractivity contribution < 1.29 is 5.11 Å². The minimum Gasteiger partial charge on any atom is -0.384 e. The normalized spacial score (nSPS) is 12.3. The van der Waals surface area contributed by atoms with Crippen molar-refractivity contribution in [2.75, 3.05) is 0 Å². The summed E-state index contributed by atoms with van der Waals surface area (Å²) in [6, 6.07) is 17.2. The standard InChI is InChI=1S/C17H14ClNO/c18-14-8-6-12(7-9-14)15-10-19-11-16(15)17(20)13-4-2-1-3-5-13/h1-11,17,19-20H/t17-/m1/s1. The van der Waals surface area contributed by atoms with Gasteiger partial charge in [-0.3, -0.25) is 0 Å². The Hall–Kier alpha value is -2.03. The Morgan fingerprint density at radius 1 is 0.900 bits per heavy atom. The molecule has 0 saturated heterocycles. The summed E-state index contributed by atoms with van der Waals surface area (Å²) in [7, 11) is 0. The van der Waals surface area contributed by atoms with E-state index in [0.717, 1.165) is 22.3 Å². The Bertz CT molecular complexity index is 689. The number of benzene rings is 2. The fourth-order valence-corrected chi connectivity index (χ4v) is 2.42. The van der Waals surface area contributed by atoms with Crippen molar-refractivity contribution in [3.63, 3.8) is 0 Å². The number of rotatable bonds is 3. The quantitative estimate of drug-likeness (QED) is 0.733. The lowest BCUT2D eigenvalue weighted by Gasteiger charge is -2.12. The lowest BCUT2D eigenvalue weighted by atomic mass is 9.97. The van der Waals surface area contributed by atoms with Gasteiger partial charge in [0.2, 0.25) is 0 Å². The van der Waals surface area contributed by atoms with E-state index in [4.69, 9.17) is 11.6 Å². The molecule has 3 aromatic rings. The fraction of sp³-hybridized carbons (Fsp3) is 0.0588. The summed E-state index contributed by atoms with van der Waals surface area (Å²) in [4.78, 5) is 3.07. The van der Waals surface area contributed by atoms with Crippen molar-refractivity contribution in [1.29, 1.82) is 0 Å². The zero-order valence-corrected chi connectivity index (χ0v) is 11.5. The number of hydrogen-bond acceptors (Lipinski definition) is 1. The average Bonchev–Trinajstić information content (AvgIpc) is 2.97. The molecule has 0 radical (unpaired) electrons. The summed E-state index contributed by atoms with van der Waals surface area (Å²) in [6.07, 6.45) is 3.08. The van der Waals surface area contributed by atoms with Crippen LogP contribution in [-0.4, -0.2) is 10.1 Å². The first-order valence-corrected chi connectivity index (χ1v) is 6.79. The maximum Gasteiger partial charge on any atom is 0.106 e. The zero-order chi connectivity index (χ0) is 13.9. The van der Waals surface area contributed by atoms with Gasteiger partial charge in [-0.05, 0) is 23.3 Å². The largest absolute Gasteiger partial charge is 0.384 e. The predicted octanol–water partition coefficient (Wildman–Crippen LogP) is 4.42. The van der Waals surface area contributed by atoms with Crippen molar-refractivity contribution in [1.82, 2.24) is 4.98 Å². The predicted molar refractivity (Wildman–Crippen MR) is 81.7 cm³/mol. The average molecular weight is 284 g/mol. The highest BCUT2D eigenvalue weighted by Crippen LogP contribution is 2.32. The number of nitrogens with one attached hydrogen (secondary N) is 1. The van der Waals surface area contributed by atoms with Gasteiger partial charge in [-0.1, -0.05) is 54.1 Å².